The Kier molecular flexibility index (Phi) is 7.64. The highest BCUT2D eigenvalue weighted by Gasteiger charge is 2.31. The number of benzene rings is 1. The van der Waals surface area contributed by atoms with Gasteiger partial charge in [-0.05, 0) is 57.2 Å². The summed E-state index contributed by atoms with van der Waals surface area (Å²) in [6.45, 7) is 7.99. The van der Waals surface area contributed by atoms with E-state index in [1.54, 1.807) is 4.90 Å². The normalized spacial score (nSPS) is 18.0. The molecule has 1 unspecified atom stereocenters. The van der Waals surface area contributed by atoms with E-state index in [1.807, 2.05) is 51.1 Å². The number of hydrogen-bond acceptors (Lipinski definition) is 7. The Hall–Kier alpha value is -3.07. The number of halogens is 1. The molecule has 2 aliphatic heterocycles. The Morgan fingerprint density at radius 1 is 1.17 bits per heavy atom. The van der Waals surface area contributed by atoms with Gasteiger partial charge in [-0.25, -0.2) is 19.6 Å². The monoisotopic (exact) mass is 501 g/mol. The van der Waals surface area contributed by atoms with Gasteiger partial charge in [-0.15, -0.1) is 0 Å². The first-order valence-corrected chi connectivity index (χ1v) is 12.3. The van der Waals surface area contributed by atoms with Crippen LogP contribution in [0.2, 0.25) is 5.28 Å². The number of nitrogens with one attached hydrogen (secondary N) is 1. The summed E-state index contributed by atoms with van der Waals surface area (Å²) in [5.74, 6) is 0.771. The lowest BCUT2D eigenvalue weighted by Gasteiger charge is -2.37. The minimum atomic E-state index is -0.566. The molecule has 3 heterocycles. The number of rotatable bonds is 4. The van der Waals surface area contributed by atoms with Gasteiger partial charge in [0.15, 0.2) is 0 Å². The van der Waals surface area contributed by atoms with Crippen LogP contribution in [-0.4, -0.2) is 58.3 Å². The van der Waals surface area contributed by atoms with Crippen molar-refractivity contribution in [1.29, 1.82) is 0 Å². The van der Waals surface area contributed by atoms with Crippen LogP contribution in [-0.2, 0) is 29.0 Å². The zero-order valence-electron chi connectivity index (χ0n) is 20.4. The number of piperidine rings is 1. The highest BCUT2D eigenvalue weighted by molar-refractivity contribution is 6.28. The summed E-state index contributed by atoms with van der Waals surface area (Å²) < 4.78 is 10.9. The molecule has 1 N–H and O–H groups in total. The number of amides is 2. The van der Waals surface area contributed by atoms with Crippen LogP contribution in [0.25, 0.3) is 0 Å². The van der Waals surface area contributed by atoms with Crippen LogP contribution in [0.3, 0.4) is 0 Å². The number of fused-ring (bicyclic) bond motifs is 1. The van der Waals surface area contributed by atoms with Gasteiger partial charge in [0.25, 0.3) is 0 Å². The first kappa shape index (κ1) is 25.0. The molecule has 4 rings (SSSR count). The third-order valence-corrected chi connectivity index (χ3v) is 6.09. The van der Waals surface area contributed by atoms with Crippen LogP contribution < -0.4 is 10.2 Å². The zero-order chi connectivity index (χ0) is 25.0. The van der Waals surface area contributed by atoms with Crippen molar-refractivity contribution < 1.29 is 19.1 Å². The topological polar surface area (TPSA) is 96.9 Å². The molecule has 1 atom stereocenters. The molecule has 2 aliphatic rings. The van der Waals surface area contributed by atoms with Crippen molar-refractivity contribution in [3.8, 4) is 0 Å². The molecule has 10 heteroatoms. The number of nitrogens with zero attached hydrogens (tertiary/aromatic N) is 4. The molecular weight excluding hydrogens is 470 g/mol. The average molecular weight is 502 g/mol. The molecule has 1 fully saturated rings. The number of aromatic nitrogens is 2. The van der Waals surface area contributed by atoms with E-state index in [2.05, 4.69) is 20.2 Å². The number of hydrogen-bond donors (Lipinski definition) is 1. The van der Waals surface area contributed by atoms with Crippen molar-refractivity contribution in [2.75, 3.05) is 24.5 Å². The summed E-state index contributed by atoms with van der Waals surface area (Å²) in [5.41, 5.74) is 2.09. The maximum atomic E-state index is 12.5. The summed E-state index contributed by atoms with van der Waals surface area (Å²) in [4.78, 5) is 37.6. The molecule has 0 saturated carbocycles. The Labute approximate surface area is 210 Å². The Bertz CT molecular complexity index is 1060. The fraction of sp³-hybridized carbons (Fsp3) is 0.520. The molecule has 1 saturated heterocycles. The van der Waals surface area contributed by atoms with E-state index in [0.717, 1.165) is 42.0 Å². The van der Waals surface area contributed by atoms with Gasteiger partial charge in [-0.3, -0.25) is 0 Å². The molecule has 0 spiro atoms. The smallest absolute Gasteiger partial charge is 0.410 e. The van der Waals surface area contributed by atoms with E-state index in [0.29, 0.717) is 26.1 Å². The lowest BCUT2D eigenvalue weighted by molar-refractivity contribution is 0.0220. The summed E-state index contributed by atoms with van der Waals surface area (Å²) in [6.07, 6.45) is 1.55. The molecule has 2 aromatic rings. The predicted octanol–water partition coefficient (Wildman–Crippen LogP) is 4.32. The highest BCUT2D eigenvalue weighted by Crippen LogP contribution is 2.30. The lowest BCUT2D eigenvalue weighted by Crippen LogP contribution is -2.49. The van der Waals surface area contributed by atoms with Gasteiger partial charge >= 0.3 is 12.2 Å². The van der Waals surface area contributed by atoms with Crippen LogP contribution in [0.5, 0.6) is 0 Å². The van der Waals surface area contributed by atoms with Crippen molar-refractivity contribution >= 4 is 29.6 Å². The second-order valence-electron chi connectivity index (χ2n) is 9.88. The fourth-order valence-corrected chi connectivity index (χ4v) is 4.53. The van der Waals surface area contributed by atoms with Crippen molar-refractivity contribution in [1.82, 2.24) is 20.2 Å². The van der Waals surface area contributed by atoms with Crippen molar-refractivity contribution in [2.24, 2.45) is 0 Å². The van der Waals surface area contributed by atoms with Crippen LogP contribution in [0.15, 0.2) is 30.3 Å². The minimum absolute atomic E-state index is 0.0710. The van der Waals surface area contributed by atoms with Gasteiger partial charge in [0, 0.05) is 31.2 Å². The molecule has 0 aliphatic carbocycles. The fourth-order valence-electron chi connectivity index (χ4n) is 4.34. The summed E-state index contributed by atoms with van der Waals surface area (Å²) in [5, 5.41) is 3.12. The largest absolute Gasteiger partial charge is 0.445 e. The highest BCUT2D eigenvalue weighted by atomic mass is 35.5. The van der Waals surface area contributed by atoms with Gasteiger partial charge in [-0.2, -0.15) is 0 Å². The first-order chi connectivity index (χ1) is 16.7. The van der Waals surface area contributed by atoms with E-state index in [1.165, 1.54) is 0 Å². The van der Waals surface area contributed by atoms with E-state index >= 15 is 0 Å². The quantitative estimate of drug-likeness (QED) is 0.623. The van der Waals surface area contributed by atoms with E-state index in [-0.39, 0.29) is 24.0 Å². The molecule has 2 amide bonds. The van der Waals surface area contributed by atoms with E-state index in [4.69, 9.17) is 21.1 Å². The van der Waals surface area contributed by atoms with Crippen LogP contribution >= 0.6 is 11.6 Å². The van der Waals surface area contributed by atoms with Gasteiger partial charge in [0.2, 0.25) is 5.28 Å². The molecule has 0 radical (unpaired) electrons. The Morgan fingerprint density at radius 2 is 1.94 bits per heavy atom. The van der Waals surface area contributed by atoms with Gasteiger partial charge in [0.05, 0.1) is 12.2 Å². The molecule has 1 aromatic carbocycles. The molecule has 188 valence electrons. The molecular formula is C25H32ClN5O4. The number of carbonyl (C=O) groups excluding carboxylic acids is 2. The number of carbonyl (C=O) groups is 2. The third-order valence-electron chi connectivity index (χ3n) is 5.92. The average Bonchev–Trinajstić information content (AvgIpc) is 2.81. The molecule has 1 aromatic heterocycles. The summed E-state index contributed by atoms with van der Waals surface area (Å²) in [6, 6.07) is 9.51. The second kappa shape index (κ2) is 10.7. The second-order valence-corrected chi connectivity index (χ2v) is 10.2. The Morgan fingerprint density at radius 3 is 2.69 bits per heavy atom. The summed E-state index contributed by atoms with van der Waals surface area (Å²) in [7, 11) is 0. The van der Waals surface area contributed by atoms with Crippen LogP contribution in [0, 0.1) is 0 Å². The third kappa shape index (κ3) is 6.75. The van der Waals surface area contributed by atoms with Crippen molar-refractivity contribution in [2.45, 2.75) is 64.8 Å². The summed E-state index contributed by atoms with van der Waals surface area (Å²) >= 11 is 6.28. The van der Waals surface area contributed by atoms with Crippen LogP contribution in [0.4, 0.5) is 15.4 Å². The SMILES string of the molecule is CC(C)(C)OC(=O)N1CCc2c(nc(Cl)nc2N2CCCC(NC(=O)OCc3ccccc3)C2)C1. The maximum Gasteiger partial charge on any atom is 0.410 e. The molecule has 9 nitrogen and oxygen atoms in total. The van der Waals surface area contributed by atoms with Crippen molar-refractivity contribution in [3.63, 3.8) is 0 Å². The van der Waals surface area contributed by atoms with Gasteiger partial charge in [0.1, 0.15) is 18.0 Å². The van der Waals surface area contributed by atoms with Crippen molar-refractivity contribution in [3.05, 3.63) is 52.4 Å². The predicted molar refractivity (Wildman–Crippen MR) is 132 cm³/mol. The first-order valence-electron chi connectivity index (χ1n) is 11.9. The lowest BCUT2D eigenvalue weighted by atomic mass is 10.0. The van der Waals surface area contributed by atoms with Gasteiger partial charge < -0.3 is 24.6 Å². The number of alkyl carbamates (subject to hydrolysis) is 1. The molecule has 35 heavy (non-hydrogen) atoms. The number of ether oxygens (including phenoxy) is 2. The van der Waals surface area contributed by atoms with Crippen LogP contribution in [0.1, 0.15) is 50.4 Å². The Balaban J connectivity index is 1.40. The molecule has 0 bridgehead atoms. The number of anilines is 1. The minimum Gasteiger partial charge on any atom is -0.445 e. The standard InChI is InChI=1S/C25H32ClN5O4/c1-25(2,3)35-24(33)31-13-11-19-20(15-31)28-22(26)29-21(19)30-12-7-10-18(14-30)27-23(32)34-16-17-8-5-4-6-9-17/h4-6,8-9,18H,7,10-16H2,1-3H3,(H,27,32). The maximum absolute atomic E-state index is 12.5. The van der Waals surface area contributed by atoms with E-state index in [9.17, 15) is 9.59 Å². The van der Waals surface area contributed by atoms with Gasteiger partial charge in [-0.1, -0.05) is 30.3 Å². The van der Waals surface area contributed by atoms with E-state index < -0.39 is 11.7 Å². The zero-order valence-corrected chi connectivity index (χ0v) is 21.2.